The molecule has 4 heteroatoms. The third-order valence-corrected chi connectivity index (χ3v) is 4.59. The number of rotatable bonds is 3. The van der Waals surface area contributed by atoms with Gasteiger partial charge in [0.25, 0.3) is 0 Å². The second-order valence-electron chi connectivity index (χ2n) is 5.10. The summed E-state index contributed by atoms with van der Waals surface area (Å²) < 4.78 is 3.55. The molecule has 1 fully saturated rings. The summed E-state index contributed by atoms with van der Waals surface area (Å²) in [5.74, 6) is 0.104. The number of carbonyl (C=O) groups is 1. The van der Waals surface area contributed by atoms with E-state index in [1.807, 2.05) is 6.07 Å². The van der Waals surface area contributed by atoms with Crippen molar-refractivity contribution in [2.75, 3.05) is 5.32 Å². The lowest BCUT2D eigenvalue weighted by molar-refractivity contribution is -0.115. The van der Waals surface area contributed by atoms with Crippen LogP contribution < -0.4 is 10.0 Å². The van der Waals surface area contributed by atoms with E-state index in [2.05, 4.69) is 22.2 Å². The summed E-state index contributed by atoms with van der Waals surface area (Å²) in [7, 11) is 0. The van der Waals surface area contributed by atoms with E-state index in [1.54, 1.807) is 11.9 Å². The summed E-state index contributed by atoms with van der Waals surface area (Å²) in [6.07, 6.45) is 7.18. The molecule has 0 atom stereocenters. The van der Waals surface area contributed by atoms with Gasteiger partial charge in [0.1, 0.15) is 0 Å². The topological polar surface area (TPSA) is 41.1 Å². The van der Waals surface area contributed by atoms with Gasteiger partial charge in [0.05, 0.1) is 6.42 Å². The molecule has 2 N–H and O–H groups in total. The van der Waals surface area contributed by atoms with Crippen molar-refractivity contribution in [1.82, 2.24) is 4.72 Å². The van der Waals surface area contributed by atoms with E-state index >= 15 is 0 Å². The molecule has 96 valence electrons. The van der Waals surface area contributed by atoms with Gasteiger partial charge in [-0.05, 0) is 48.6 Å². The zero-order valence-corrected chi connectivity index (χ0v) is 11.2. The summed E-state index contributed by atoms with van der Waals surface area (Å²) in [4.78, 5) is 12.5. The standard InChI is InChI=1S/C14H18N2OS/c17-14-9-10-8-12(6-7-13(10)15-14)18-16-11-4-2-1-3-5-11/h6-8,11,16H,1-5,9H2,(H,15,17). The molecule has 0 spiro atoms. The zero-order chi connectivity index (χ0) is 12.4. The van der Waals surface area contributed by atoms with Gasteiger partial charge < -0.3 is 5.32 Å². The predicted octanol–water partition coefficient (Wildman–Crippen LogP) is 3.11. The van der Waals surface area contributed by atoms with E-state index in [9.17, 15) is 4.79 Å². The van der Waals surface area contributed by atoms with Crippen LogP contribution in [0.1, 0.15) is 37.7 Å². The summed E-state index contributed by atoms with van der Waals surface area (Å²) >= 11 is 1.71. The van der Waals surface area contributed by atoms with Gasteiger partial charge in [-0.2, -0.15) is 0 Å². The van der Waals surface area contributed by atoms with Gasteiger partial charge in [0, 0.05) is 16.6 Å². The Labute approximate surface area is 112 Å². The molecule has 0 radical (unpaired) electrons. The van der Waals surface area contributed by atoms with Crippen LogP contribution in [0.2, 0.25) is 0 Å². The molecule has 0 saturated heterocycles. The van der Waals surface area contributed by atoms with Crippen molar-refractivity contribution in [3.05, 3.63) is 23.8 Å². The van der Waals surface area contributed by atoms with Crippen LogP contribution in [0.15, 0.2) is 23.1 Å². The normalized spacial score (nSPS) is 19.7. The lowest BCUT2D eigenvalue weighted by atomic mass is 9.96. The second-order valence-corrected chi connectivity index (χ2v) is 6.01. The van der Waals surface area contributed by atoms with Crippen LogP contribution in [-0.4, -0.2) is 11.9 Å². The Hall–Kier alpha value is -1.00. The van der Waals surface area contributed by atoms with Crippen molar-refractivity contribution in [3.8, 4) is 0 Å². The average molecular weight is 262 g/mol. The first-order chi connectivity index (χ1) is 8.81. The maximum atomic E-state index is 11.3. The number of amides is 1. The number of nitrogens with one attached hydrogen (secondary N) is 2. The minimum Gasteiger partial charge on any atom is -0.326 e. The van der Waals surface area contributed by atoms with Crippen molar-refractivity contribution < 1.29 is 4.79 Å². The van der Waals surface area contributed by atoms with Crippen LogP contribution in [0.5, 0.6) is 0 Å². The Balaban J connectivity index is 1.60. The van der Waals surface area contributed by atoms with Crippen LogP contribution in [0.25, 0.3) is 0 Å². The highest BCUT2D eigenvalue weighted by Crippen LogP contribution is 2.28. The van der Waals surface area contributed by atoms with E-state index in [4.69, 9.17) is 0 Å². The Morgan fingerprint density at radius 1 is 1.22 bits per heavy atom. The summed E-state index contributed by atoms with van der Waals surface area (Å²) in [6, 6.07) is 6.85. The van der Waals surface area contributed by atoms with Gasteiger partial charge in [-0.3, -0.25) is 9.52 Å². The first-order valence-electron chi connectivity index (χ1n) is 6.66. The number of hydrogen-bond donors (Lipinski definition) is 2. The number of carbonyl (C=O) groups excluding carboxylic acids is 1. The molecule has 2 aliphatic rings. The lowest BCUT2D eigenvalue weighted by Crippen LogP contribution is -2.25. The largest absolute Gasteiger partial charge is 0.326 e. The SMILES string of the molecule is O=C1Cc2cc(SNC3CCCCC3)ccc2N1. The van der Waals surface area contributed by atoms with Crippen molar-refractivity contribution in [2.24, 2.45) is 0 Å². The Kier molecular flexibility index (Phi) is 3.57. The Bertz CT molecular complexity index is 455. The molecule has 1 amide bonds. The van der Waals surface area contributed by atoms with Crippen LogP contribution in [0, 0.1) is 0 Å². The van der Waals surface area contributed by atoms with Gasteiger partial charge >= 0.3 is 0 Å². The predicted molar refractivity (Wildman–Crippen MR) is 74.6 cm³/mol. The van der Waals surface area contributed by atoms with E-state index in [1.165, 1.54) is 37.0 Å². The van der Waals surface area contributed by atoms with Gasteiger partial charge in [0.2, 0.25) is 5.91 Å². The fourth-order valence-electron chi connectivity index (χ4n) is 2.64. The summed E-state index contributed by atoms with van der Waals surface area (Å²) in [6.45, 7) is 0. The molecule has 1 saturated carbocycles. The molecule has 0 bridgehead atoms. The van der Waals surface area contributed by atoms with Gasteiger partial charge in [-0.25, -0.2) is 0 Å². The first-order valence-corrected chi connectivity index (χ1v) is 7.48. The first kappa shape index (κ1) is 12.1. The van der Waals surface area contributed by atoms with Crippen LogP contribution in [-0.2, 0) is 11.2 Å². The number of fused-ring (bicyclic) bond motifs is 1. The molecule has 3 rings (SSSR count). The van der Waals surface area contributed by atoms with E-state index in [-0.39, 0.29) is 5.91 Å². The molecule has 0 aromatic heterocycles. The molecule has 18 heavy (non-hydrogen) atoms. The quantitative estimate of drug-likeness (QED) is 0.822. The van der Waals surface area contributed by atoms with E-state index in [0.29, 0.717) is 12.5 Å². The van der Waals surface area contributed by atoms with Gasteiger partial charge in [-0.15, -0.1) is 0 Å². The van der Waals surface area contributed by atoms with Crippen molar-refractivity contribution >= 4 is 23.5 Å². The average Bonchev–Trinajstić information content (AvgIpc) is 2.77. The molecule has 3 nitrogen and oxygen atoms in total. The molecule has 1 aromatic carbocycles. The highest BCUT2D eigenvalue weighted by atomic mass is 32.2. The fraction of sp³-hybridized carbons (Fsp3) is 0.500. The lowest BCUT2D eigenvalue weighted by Gasteiger charge is -2.22. The third kappa shape index (κ3) is 2.70. The molecule has 1 heterocycles. The fourth-order valence-corrected chi connectivity index (χ4v) is 3.52. The molecular formula is C14H18N2OS. The minimum absolute atomic E-state index is 0.104. The second kappa shape index (κ2) is 5.33. The van der Waals surface area contributed by atoms with Crippen LogP contribution >= 0.6 is 11.9 Å². The van der Waals surface area contributed by atoms with Crippen molar-refractivity contribution in [1.29, 1.82) is 0 Å². The molecule has 1 aliphatic carbocycles. The van der Waals surface area contributed by atoms with Crippen molar-refractivity contribution in [2.45, 2.75) is 49.5 Å². The van der Waals surface area contributed by atoms with Gasteiger partial charge in [0.15, 0.2) is 0 Å². The highest BCUT2D eigenvalue weighted by Gasteiger charge is 2.18. The van der Waals surface area contributed by atoms with Crippen LogP contribution in [0.3, 0.4) is 0 Å². The molecule has 1 aromatic rings. The maximum Gasteiger partial charge on any atom is 0.228 e. The molecule has 1 aliphatic heterocycles. The summed E-state index contributed by atoms with van der Waals surface area (Å²) in [5.41, 5.74) is 2.09. The Morgan fingerprint density at radius 2 is 2.06 bits per heavy atom. The monoisotopic (exact) mass is 262 g/mol. The molecule has 0 unspecified atom stereocenters. The molecular weight excluding hydrogens is 244 g/mol. The Morgan fingerprint density at radius 3 is 2.89 bits per heavy atom. The number of hydrogen-bond acceptors (Lipinski definition) is 3. The third-order valence-electron chi connectivity index (χ3n) is 3.65. The number of benzene rings is 1. The smallest absolute Gasteiger partial charge is 0.228 e. The van der Waals surface area contributed by atoms with Crippen molar-refractivity contribution in [3.63, 3.8) is 0 Å². The summed E-state index contributed by atoms with van der Waals surface area (Å²) in [5, 5.41) is 2.86. The van der Waals surface area contributed by atoms with Gasteiger partial charge in [-0.1, -0.05) is 19.3 Å². The minimum atomic E-state index is 0.104. The van der Waals surface area contributed by atoms with E-state index < -0.39 is 0 Å². The number of anilines is 1. The van der Waals surface area contributed by atoms with E-state index in [0.717, 1.165) is 11.3 Å². The van der Waals surface area contributed by atoms with Crippen LogP contribution in [0.4, 0.5) is 5.69 Å². The maximum absolute atomic E-state index is 11.3. The zero-order valence-electron chi connectivity index (χ0n) is 10.4. The highest BCUT2D eigenvalue weighted by molar-refractivity contribution is 7.97.